The molecule has 3 rings (SSSR count). The lowest BCUT2D eigenvalue weighted by molar-refractivity contribution is 0.879. The van der Waals surface area contributed by atoms with Crippen molar-refractivity contribution in [3.05, 3.63) is 66.7 Å². The van der Waals surface area contributed by atoms with Gasteiger partial charge in [-0.2, -0.15) is 5.10 Å². The molecule has 0 atom stereocenters. The molecule has 1 N–H and O–H groups in total. The topological polar surface area (TPSA) is 34.8 Å². The molecule has 0 amide bonds. The molecule has 3 aromatic rings. The van der Waals surface area contributed by atoms with Crippen LogP contribution < -0.4 is 5.32 Å². The summed E-state index contributed by atoms with van der Waals surface area (Å²) in [4.78, 5) is 0. The third-order valence-electron chi connectivity index (χ3n) is 3.03. The molecule has 4 heteroatoms. The second-order valence-corrected chi connectivity index (χ2v) is 4.51. The molecule has 0 unspecified atom stereocenters. The molecule has 1 aromatic carbocycles. The largest absolute Gasteiger partial charge is 0.379 e. The normalized spacial score (nSPS) is 10.6. The Morgan fingerprint density at radius 2 is 2.00 bits per heavy atom. The van der Waals surface area contributed by atoms with Crippen molar-refractivity contribution in [3.8, 4) is 5.69 Å². The van der Waals surface area contributed by atoms with Crippen LogP contribution in [0.3, 0.4) is 0 Å². The van der Waals surface area contributed by atoms with Crippen molar-refractivity contribution in [1.82, 2.24) is 14.3 Å². The zero-order chi connectivity index (χ0) is 13.1. The molecule has 0 radical (unpaired) electrons. The first-order chi connectivity index (χ1) is 9.33. The number of aromatic nitrogens is 3. The van der Waals surface area contributed by atoms with Gasteiger partial charge in [0, 0.05) is 38.4 Å². The Kier molecular flexibility index (Phi) is 3.06. The first kappa shape index (κ1) is 11.6. The van der Waals surface area contributed by atoms with E-state index in [-0.39, 0.29) is 0 Å². The van der Waals surface area contributed by atoms with Crippen molar-refractivity contribution >= 4 is 5.69 Å². The summed E-state index contributed by atoms with van der Waals surface area (Å²) in [5, 5.41) is 7.74. The van der Waals surface area contributed by atoms with Gasteiger partial charge in [0.1, 0.15) is 0 Å². The quantitative estimate of drug-likeness (QED) is 0.775. The summed E-state index contributed by atoms with van der Waals surface area (Å²) < 4.78 is 3.92. The number of nitrogens with zero attached hydrogens (tertiary/aromatic N) is 3. The predicted octanol–water partition coefficient (Wildman–Crippen LogP) is 2.82. The molecule has 0 aliphatic heterocycles. The number of para-hydroxylation sites is 2. The second-order valence-electron chi connectivity index (χ2n) is 4.51. The number of benzene rings is 1. The van der Waals surface area contributed by atoms with E-state index in [9.17, 15) is 0 Å². The molecule has 0 fully saturated rings. The lowest BCUT2D eigenvalue weighted by Gasteiger charge is -2.11. The standard InChI is InChI=1S/C15H16N4/c1-18-10-7-13(12-18)11-16-14-5-2-3-6-15(14)19-9-4-8-17-19/h2-10,12,16H,11H2,1H3. The summed E-state index contributed by atoms with van der Waals surface area (Å²) >= 11 is 0. The fraction of sp³-hybridized carbons (Fsp3) is 0.133. The third kappa shape index (κ3) is 2.52. The third-order valence-corrected chi connectivity index (χ3v) is 3.03. The van der Waals surface area contributed by atoms with E-state index in [1.165, 1.54) is 5.56 Å². The van der Waals surface area contributed by atoms with Gasteiger partial charge in [-0.05, 0) is 29.8 Å². The minimum atomic E-state index is 0.805. The molecule has 0 spiro atoms. The summed E-state index contributed by atoms with van der Waals surface area (Å²) in [6.45, 7) is 0.805. The molecule has 0 aliphatic rings. The molecule has 2 heterocycles. The molecule has 0 aliphatic carbocycles. The lowest BCUT2D eigenvalue weighted by Crippen LogP contribution is -2.04. The maximum Gasteiger partial charge on any atom is 0.0876 e. The van der Waals surface area contributed by atoms with Gasteiger partial charge in [-0.1, -0.05) is 12.1 Å². The van der Waals surface area contributed by atoms with Crippen LogP contribution in [-0.2, 0) is 13.6 Å². The highest BCUT2D eigenvalue weighted by Gasteiger charge is 2.03. The molecule has 0 bridgehead atoms. The highest BCUT2D eigenvalue weighted by Crippen LogP contribution is 2.19. The maximum atomic E-state index is 4.28. The van der Waals surface area contributed by atoms with E-state index in [1.807, 2.05) is 36.1 Å². The zero-order valence-corrected chi connectivity index (χ0v) is 10.8. The van der Waals surface area contributed by atoms with Crippen molar-refractivity contribution in [2.24, 2.45) is 7.05 Å². The number of nitrogens with one attached hydrogen (secondary N) is 1. The smallest absolute Gasteiger partial charge is 0.0876 e. The van der Waals surface area contributed by atoms with Gasteiger partial charge in [-0.25, -0.2) is 4.68 Å². The van der Waals surface area contributed by atoms with Crippen LogP contribution in [0.4, 0.5) is 5.69 Å². The highest BCUT2D eigenvalue weighted by atomic mass is 15.3. The van der Waals surface area contributed by atoms with Gasteiger partial charge in [0.05, 0.1) is 11.4 Å². The Morgan fingerprint density at radius 1 is 1.11 bits per heavy atom. The summed E-state index contributed by atoms with van der Waals surface area (Å²) in [6.07, 6.45) is 7.90. The van der Waals surface area contributed by atoms with E-state index >= 15 is 0 Å². The van der Waals surface area contributed by atoms with Crippen molar-refractivity contribution in [3.63, 3.8) is 0 Å². The number of rotatable bonds is 4. The lowest BCUT2D eigenvalue weighted by atomic mass is 10.2. The Labute approximate surface area is 112 Å². The van der Waals surface area contributed by atoms with Crippen LogP contribution in [0.25, 0.3) is 5.69 Å². The SMILES string of the molecule is Cn1ccc(CNc2ccccc2-n2cccn2)c1. The van der Waals surface area contributed by atoms with E-state index in [1.54, 1.807) is 6.20 Å². The van der Waals surface area contributed by atoms with E-state index in [0.29, 0.717) is 0 Å². The Morgan fingerprint density at radius 3 is 2.74 bits per heavy atom. The van der Waals surface area contributed by atoms with E-state index in [4.69, 9.17) is 0 Å². The molecular weight excluding hydrogens is 236 g/mol. The Balaban J connectivity index is 1.81. The highest BCUT2D eigenvalue weighted by molar-refractivity contribution is 5.60. The molecule has 0 saturated carbocycles. The molecular formula is C15H16N4. The fourth-order valence-corrected chi connectivity index (χ4v) is 2.10. The van der Waals surface area contributed by atoms with Crippen molar-refractivity contribution in [2.75, 3.05) is 5.32 Å². The molecule has 4 nitrogen and oxygen atoms in total. The van der Waals surface area contributed by atoms with Crippen molar-refractivity contribution in [1.29, 1.82) is 0 Å². The summed E-state index contributed by atoms with van der Waals surface area (Å²) in [7, 11) is 2.03. The summed E-state index contributed by atoms with van der Waals surface area (Å²) in [5.74, 6) is 0. The van der Waals surface area contributed by atoms with Crippen LogP contribution in [0.15, 0.2) is 61.2 Å². The summed E-state index contributed by atoms with van der Waals surface area (Å²) in [6, 6.07) is 12.2. The summed E-state index contributed by atoms with van der Waals surface area (Å²) in [5.41, 5.74) is 3.40. The van der Waals surface area contributed by atoms with Crippen molar-refractivity contribution < 1.29 is 0 Å². The molecule has 19 heavy (non-hydrogen) atoms. The van der Waals surface area contributed by atoms with Gasteiger partial charge in [-0.15, -0.1) is 0 Å². The Hall–Kier alpha value is -2.49. The minimum absolute atomic E-state index is 0.805. The first-order valence-electron chi connectivity index (χ1n) is 6.27. The van der Waals surface area contributed by atoms with Gasteiger partial charge in [0.25, 0.3) is 0 Å². The molecule has 96 valence electrons. The van der Waals surface area contributed by atoms with Crippen LogP contribution in [0, 0.1) is 0 Å². The first-order valence-corrected chi connectivity index (χ1v) is 6.27. The average Bonchev–Trinajstić information content (AvgIpc) is 3.08. The number of aryl methyl sites for hydroxylation is 1. The van der Waals surface area contributed by atoms with Crippen LogP contribution in [0.2, 0.25) is 0 Å². The van der Waals surface area contributed by atoms with Crippen LogP contribution in [0.1, 0.15) is 5.56 Å². The molecule has 2 aromatic heterocycles. The molecule has 0 saturated heterocycles. The monoisotopic (exact) mass is 252 g/mol. The Bertz CT molecular complexity index is 652. The van der Waals surface area contributed by atoms with Crippen LogP contribution >= 0.6 is 0 Å². The van der Waals surface area contributed by atoms with Crippen LogP contribution in [-0.4, -0.2) is 14.3 Å². The zero-order valence-electron chi connectivity index (χ0n) is 10.8. The van der Waals surface area contributed by atoms with Gasteiger partial charge in [-0.3, -0.25) is 0 Å². The maximum absolute atomic E-state index is 4.28. The average molecular weight is 252 g/mol. The number of hydrogen-bond acceptors (Lipinski definition) is 2. The number of anilines is 1. The second kappa shape index (κ2) is 5.02. The fourth-order valence-electron chi connectivity index (χ4n) is 2.10. The van der Waals surface area contributed by atoms with Crippen LogP contribution in [0.5, 0.6) is 0 Å². The van der Waals surface area contributed by atoms with E-state index in [2.05, 4.69) is 45.6 Å². The van der Waals surface area contributed by atoms with Gasteiger partial charge < -0.3 is 9.88 Å². The van der Waals surface area contributed by atoms with Gasteiger partial charge in [0.15, 0.2) is 0 Å². The van der Waals surface area contributed by atoms with E-state index in [0.717, 1.165) is 17.9 Å². The van der Waals surface area contributed by atoms with Crippen molar-refractivity contribution in [2.45, 2.75) is 6.54 Å². The predicted molar refractivity (Wildman–Crippen MR) is 76.3 cm³/mol. The van der Waals surface area contributed by atoms with Gasteiger partial charge in [0.2, 0.25) is 0 Å². The minimum Gasteiger partial charge on any atom is -0.379 e. The number of hydrogen-bond donors (Lipinski definition) is 1. The van der Waals surface area contributed by atoms with Gasteiger partial charge >= 0.3 is 0 Å². The van der Waals surface area contributed by atoms with E-state index < -0.39 is 0 Å².